The SMILES string of the molecule is CC(=Nc1cc(CCNCCN)ccn1)NC1=CNC(N(C)c2ccc(C)cc2)CC1. The number of aryl methyl sites for hydroxylation is 1. The van der Waals surface area contributed by atoms with Crippen molar-refractivity contribution in [2.45, 2.75) is 39.3 Å². The van der Waals surface area contributed by atoms with E-state index in [9.17, 15) is 0 Å². The van der Waals surface area contributed by atoms with Crippen molar-refractivity contribution >= 4 is 17.3 Å². The summed E-state index contributed by atoms with van der Waals surface area (Å²) in [7, 11) is 2.13. The van der Waals surface area contributed by atoms with Crippen LogP contribution in [0.4, 0.5) is 11.5 Å². The lowest BCUT2D eigenvalue weighted by Crippen LogP contribution is -2.44. The molecule has 2 heterocycles. The van der Waals surface area contributed by atoms with Gasteiger partial charge in [-0.1, -0.05) is 17.7 Å². The zero-order chi connectivity index (χ0) is 22.1. The lowest BCUT2D eigenvalue weighted by molar-refractivity contribution is 0.499. The lowest BCUT2D eigenvalue weighted by Gasteiger charge is -2.33. The number of nitrogens with one attached hydrogen (secondary N) is 3. The molecule has 0 saturated heterocycles. The molecule has 166 valence electrons. The van der Waals surface area contributed by atoms with Crippen molar-refractivity contribution in [2.75, 3.05) is 31.6 Å². The molecular formula is C24H35N7. The molecule has 1 aromatic heterocycles. The minimum Gasteiger partial charge on any atom is -0.370 e. The summed E-state index contributed by atoms with van der Waals surface area (Å²) in [6, 6.07) is 12.7. The predicted molar refractivity (Wildman–Crippen MR) is 130 cm³/mol. The van der Waals surface area contributed by atoms with E-state index in [1.807, 2.05) is 25.3 Å². The van der Waals surface area contributed by atoms with Crippen LogP contribution < -0.4 is 26.6 Å². The van der Waals surface area contributed by atoms with Crippen LogP contribution in [0.5, 0.6) is 0 Å². The summed E-state index contributed by atoms with van der Waals surface area (Å²) >= 11 is 0. The van der Waals surface area contributed by atoms with Crippen LogP contribution in [0, 0.1) is 6.92 Å². The highest BCUT2D eigenvalue weighted by Gasteiger charge is 2.18. The number of allylic oxidation sites excluding steroid dienone is 1. The Balaban J connectivity index is 1.53. The van der Waals surface area contributed by atoms with Crippen molar-refractivity contribution in [2.24, 2.45) is 10.7 Å². The number of rotatable bonds is 9. The fourth-order valence-corrected chi connectivity index (χ4v) is 3.58. The summed E-state index contributed by atoms with van der Waals surface area (Å²) in [6.45, 7) is 6.48. The highest BCUT2D eigenvalue weighted by molar-refractivity contribution is 5.83. The molecule has 0 saturated carbocycles. The number of hydrogen-bond donors (Lipinski definition) is 4. The van der Waals surface area contributed by atoms with Gasteiger partial charge in [-0.05, 0) is 69.5 Å². The van der Waals surface area contributed by atoms with Gasteiger partial charge in [-0.2, -0.15) is 0 Å². The van der Waals surface area contributed by atoms with Crippen molar-refractivity contribution in [1.82, 2.24) is 20.9 Å². The van der Waals surface area contributed by atoms with E-state index in [2.05, 4.69) is 75.3 Å². The highest BCUT2D eigenvalue weighted by atomic mass is 15.3. The predicted octanol–water partition coefficient (Wildman–Crippen LogP) is 2.81. The second-order valence-corrected chi connectivity index (χ2v) is 7.97. The van der Waals surface area contributed by atoms with E-state index >= 15 is 0 Å². The number of hydrogen-bond acceptors (Lipinski definition) is 6. The zero-order valence-electron chi connectivity index (χ0n) is 18.9. The Labute approximate surface area is 185 Å². The molecule has 0 bridgehead atoms. The van der Waals surface area contributed by atoms with E-state index in [0.29, 0.717) is 6.54 Å². The fraction of sp³-hybridized carbons (Fsp3) is 0.417. The van der Waals surface area contributed by atoms with Crippen LogP contribution in [0.25, 0.3) is 0 Å². The summed E-state index contributed by atoms with van der Waals surface area (Å²) in [6.07, 6.45) is 7.06. The Morgan fingerprint density at radius 1 is 1.26 bits per heavy atom. The number of aromatic nitrogens is 1. The summed E-state index contributed by atoms with van der Waals surface area (Å²) in [4.78, 5) is 11.3. The third-order valence-corrected chi connectivity index (χ3v) is 5.39. The summed E-state index contributed by atoms with van der Waals surface area (Å²) in [5.41, 5.74) is 10.4. The van der Waals surface area contributed by atoms with Crippen LogP contribution in [0.3, 0.4) is 0 Å². The Bertz CT molecular complexity index is 889. The maximum Gasteiger partial charge on any atom is 0.154 e. The molecule has 1 atom stereocenters. The van der Waals surface area contributed by atoms with E-state index in [0.717, 1.165) is 49.7 Å². The van der Waals surface area contributed by atoms with Crippen LogP contribution in [-0.2, 0) is 6.42 Å². The molecule has 0 radical (unpaired) electrons. The van der Waals surface area contributed by atoms with E-state index in [1.165, 1.54) is 16.8 Å². The van der Waals surface area contributed by atoms with Crippen LogP contribution in [0.15, 0.2) is 59.5 Å². The largest absolute Gasteiger partial charge is 0.370 e. The number of nitrogens with two attached hydrogens (primary N) is 1. The number of pyridine rings is 1. The van der Waals surface area contributed by atoms with Gasteiger partial charge in [0.05, 0.1) is 6.17 Å². The third kappa shape index (κ3) is 7.08. The summed E-state index contributed by atoms with van der Waals surface area (Å²) in [5.74, 6) is 1.56. The molecule has 0 aliphatic carbocycles. The Morgan fingerprint density at radius 3 is 2.77 bits per heavy atom. The molecule has 1 aliphatic heterocycles. The molecule has 1 aromatic carbocycles. The number of aliphatic imine (C=N–C) groups is 1. The molecule has 7 heteroatoms. The molecule has 0 amide bonds. The van der Waals surface area contributed by atoms with Crippen molar-refractivity contribution < 1.29 is 0 Å². The minimum absolute atomic E-state index is 0.275. The number of anilines is 1. The van der Waals surface area contributed by atoms with Gasteiger partial charge in [0.2, 0.25) is 0 Å². The second-order valence-electron chi connectivity index (χ2n) is 7.97. The van der Waals surface area contributed by atoms with E-state index in [1.54, 1.807) is 0 Å². The molecule has 1 unspecified atom stereocenters. The first-order valence-corrected chi connectivity index (χ1v) is 11.0. The molecule has 3 rings (SSSR count). The molecule has 1 aliphatic rings. The van der Waals surface area contributed by atoms with Crippen molar-refractivity contribution in [3.05, 3.63) is 65.6 Å². The molecule has 2 aromatic rings. The molecule has 0 fully saturated rings. The van der Waals surface area contributed by atoms with E-state index < -0.39 is 0 Å². The van der Waals surface area contributed by atoms with Gasteiger partial charge < -0.3 is 26.6 Å². The maximum atomic E-state index is 5.51. The van der Waals surface area contributed by atoms with Crippen LogP contribution in [0.2, 0.25) is 0 Å². The first-order chi connectivity index (χ1) is 15.0. The van der Waals surface area contributed by atoms with Crippen LogP contribution in [0.1, 0.15) is 30.9 Å². The molecule has 31 heavy (non-hydrogen) atoms. The summed E-state index contributed by atoms with van der Waals surface area (Å²) in [5, 5.41) is 10.2. The third-order valence-electron chi connectivity index (χ3n) is 5.39. The first kappa shape index (κ1) is 22.8. The van der Waals surface area contributed by atoms with Crippen LogP contribution >= 0.6 is 0 Å². The monoisotopic (exact) mass is 421 g/mol. The highest BCUT2D eigenvalue weighted by Crippen LogP contribution is 2.20. The normalized spacial score (nSPS) is 16.5. The molecule has 0 spiro atoms. The Hall–Kier alpha value is -2.90. The van der Waals surface area contributed by atoms with Gasteiger partial charge in [0.25, 0.3) is 0 Å². The van der Waals surface area contributed by atoms with Crippen LogP contribution in [-0.4, -0.2) is 43.7 Å². The van der Waals surface area contributed by atoms with Gasteiger partial charge in [-0.3, -0.25) is 0 Å². The smallest absolute Gasteiger partial charge is 0.154 e. The average Bonchev–Trinajstić information content (AvgIpc) is 2.77. The quantitative estimate of drug-likeness (QED) is 0.283. The molecule has 5 N–H and O–H groups in total. The number of benzene rings is 1. The second kappa shape index (κ2) is 11.5. The van der Waals surface area contributed by atoms with Gasteiger partial charge in [-0.25, -0.2) is 9.98 Å². The van der Waals surface area contributed by atoms with Gasteiger partial charge in [-0.15, -0.1) is 0 Å². The molecular weight excluding hydrogens is 386 g/mol. The van der Waals surface area contributed by atoms with Gasteiger partial charge >= 0.3 is 0 Å². The zero-order valence-corrected chi connectivity index (χ0v) is 18.9. The van der Waals surface area contributed by atoms with Crippen molar-refractivity contribution in [1.29, 1.82) is 0 Å². The minimum atomic E-state index is 0.275. The van der Waals surface area contributed by atoms with Gasteiger partial charge in [0.1, 0.15) is 5.84 Å². The van der Waals surface area contributed by atoms with E-state index in [4.69, 9.17) is 5.73 Å². The maximum absolute atomic E-state index is 5.51. The molecule has 7 nitrogen and oxygen atoms in total. The topological polar surface area (TPSA) is 90.6 Å². The standard InChI is InChI=1S/C24H35N7/c1-18-4-7-22(8-5-18)31(3)24-9-6-21(17-28-24)29-19(2)30-23-16-20(11-14-27-23)10-13-26-15-12-25/h4-5,7-8,11,14,16-17,24,26,28H,6,9-10,12-13,15,25H2,1-3H3,(H,27,29,30). The van der Waals surface area contributed by atoms with E-state index in [-0.39, 0.29) is 6.17 Å². The summed E-state index contributed by atoms with van der Waals surface area (Å²) < 4.78 is 0. The average molecular weight is 422 g/mol. The Morgan fingerprint density at radius 2 is 2.06 bits per heavy atom. The Kier molecular flexibility index (Phi) is 8.44. The fourth-order valence-electron chi connectivity index (χ4n) is 3.58. The first-order valence-electron chi connectivity index (χ1n) is 11.0. The number of nitrogens with zero attached hydrogens (tertiary/aromatic N) is 3. The van der Waals surface area contributed by atoms with Crippen molar-refractivity contribution in [3.63, 3.8) is 0 Å². The number of amidine groups is 1. The van der Waals surface area contributed by atoms with Gasteiger partial charge in [0, 0.05) is 43.9 Å². The lowest BCUT2D eigenvalue weighted by atomic mass is 10.1. The van der Waals surface area contributed by atoms with Gasteiger partial charge in [0.15, 0.2) is 5.82 Å². The van der Waals surface area contributed by atoms with Crippen molar-refractivity contribution in [3.8, 4) is 0 Å².